The van der Waals surface area contributed by atoms with Crippen LogP contribution in [0.3, 0.4) is 0 Å². The van der Waals surface area contributed by atoms with Gasteiger partial charge in [-0.2, -0.15) is 0 Å². The molecule has 0 atom stereocenters. The lowest BCUT2D eigenvalue weighted by atomic mass is 10.2. The summed E-state index contributed by atoms with van der Waals surface area (Å²) in [5, 5.41) is 1.08. The van der Waals surface area contributed by atoms with Crippen molar-refractivity contribution in [1.29, 1.82) is 0 Å². The Labute approximate surface area is 47.1 Å². The molecule has 1 aliphatic carbocycles. The molecular weight excluding hydrogens is 140 g/mol. The van der Waals surface area contributed by atoms with Crippen molar-refractivity contribution in [1.82, 2.24) is 0 Å². The first kappa shape index (κ1) is 4.63. The molecular formula is C5H8Br. The third kappa shape index (κ3) is 0.754. The van der Waals surface area contributed by atoms with Gasteiger partial charge in [0, 0.05) is 5.33 Å². The zero-order valence-electron chi connectivity index (χ0n) is 3.71. The molecule has 1 radical (unpaired) electrons. The quantitative estimate of drug-likeness (QED) is 0.499. The SMILES string of the molecule is [CH2]C1(CBr)CC1. The molecule has 0 bridgehead atoms. The minimum absolute atomic E-state index is 0.458. The fourth-order valence-corrected chi connectivity index (χ4v) is 0.871. The molecule has 1 rings (SSSR count). The fraction of sp³-hybridized carbons (Fsp3) is 0.800. The van der Waals surface area contributed by atoms with Crippen LogP contribution >= 0.6 is 15.9 Å². The Hall–Kier alpha value is 0.480. The van der Waals surface area contributed by atoms with Gasteiger partial charge in [-0.3, -0.25) is 0 Å². The summed E-state index contributed by atoms with van der Waals surface area (Å²) in [6, 6.07) is 0. The second-order valence-corrected chi connectivity index (χ2v) is 2.69. The van der Waals surface area contributed by atoms with Crippen molar-refractivity contribution in [3.8, 4) is 0 Å². The van der Waals surface area contributed by atoms with Crippen LogP contribution in [0.15, 0.2) is 0 Å². The highest BCUT2D eigenvalue weighted by atomic mass is 79.9. The first-order valence-corrected chi connectivity index (χ1v) is 3.30. The number of rotatable bonds is 1. The summed E-state index contributed by atoms with van der Waals surface area (Å²) in [5.41, 5.74) is 0.458. The fourth-order valence-electron chi connectivity index (χ4n) is 0.310. The summed E-state index contributed by atoms with van der Waals surface area (Å²) < 4.78 is 0. The van der Waals surface area contributed by atoms with Gasteiger partial charge in [0.1, 0.15) is 0 Å². The third-order valence-electron chi connectivity index (χ3n) is 1.24. The first-order chi connectivity index (χ1) is 2.77. The molecule has 35 valence electrons. The van der Waals surface area contributed by atoms with E-state index in [0.29, 0.717) is 5.41 Å². The second-order valence-electron chi connectivity index (χ2n) is 2.13. The molecule has 0 amide bonds. The third-order valence-corrected chi connectivity index (χ3v) is 2.43. The topological polar surface area (TPSA) is 0 Å². The Morgan fingerprint density at radius 3 is 2.17 bits per heavy atom. The number of hydrogen-bond donors (Lipinski definition) is 0. The molecule has 6 heavy (non-hydrogen) atoms. The average molecular weight is 148 g/mol. The van der Waals surface area contributed by atoms with E-state index in [-0.39, 0.29) is 0 Å². The van der Waals surface area contributed by atoms with Crippen LogP contribution in [-0.2, 0) is 0 Å². The van der Waals surface area contributed by atoms with E-state index >= 15 is 0 Å². The molecule has 0 saturated heterocycles. The van der Waals surface area contributed by atoms with Crippen LogP contribution in [0.5, 0.6) is 0 Å². The largest absolute Gasteiger partial charge is 0.0922 e. The molecule has 0 N–H and O–H groups in total. The Morgan fingerprint density at radius 1 is 1.67 bits per heavy atom. The summed E-state index contributed by atoms with van der Waals surface area (Å²) >= 11 is 3.37. The van der Waals surface area contributed by atoms with E-state index in [1.165, 1.54) is 12.8 Å². The van der Waals surface area contributed by atoms with E-state index < -0.39 is 0 Å². The molecule has 0 spiro atoms. The van der Waals surface area contributed by atoms with Gasteiger partial charge in [0.05, 0.1) is 0 Å². The molecule has 0 aromatic rings. The van der Waals surface area contributed by atoms with Crippen LogP contribution in [0.1, 0.15) is 12.8 Å². The highest BCUT2D eigenvalue weighted by Crippen LogP contribution is 2.45. The lowest BCUT2D eigenvalue weighted by Gasteiger charge is -1.94. The molecule has 1 aliphatic rings. The van der Waals surface area contributed by atoms with Crippen molar-refractivity contribution >= 4 is 15.9 Å². The minimum Gasteiger partial charge on any atom is -0.0922 e. The summed E-state index contributed by atoms with van der Waals surface area (Å²) in [6.07, 6.45) is 2.64. The molecule has 0 heterocycles. The maximum absolute atomic E-state index is 3.95. The summed E-state index contributed by atoms with van der Waals surface area (Å²) in [5.74, 6) is 0. The molecule has 1 saturated carbocycles. The summed E-state index contributed by atoms with van der Waals surface area (Å²) in [7, 11) is 0. The van der Waals surface area contributed by atoms with E-state index in [4.69, 9.17) is 0 Å². The standard InChI is InChI=1S/C5H8Br/c1-5(4-6)2-3-5/h1-4H2. The van der Waals surface area contributed by atoms with Gasteiger partial charge < -0.3 is 0 Å². The normalized spacial score (nSPS) is 27.0. The highest BCUT2D eigenvalue weighted by molar-refractivity contribution is 9.09. The first-order valence-electron chi connectivity index (χ1n) is 2.18. The van der Waals surface area contributed by atoms with Gasteiger partial charge in [-0.15, -0.1) is 0 Å². The summed E-state index contributed by atoms with van der Waals surface area (Å²) in [4.78, 5) is 0. The maximum Gasteiger partial charge on any atom is 0.00879 e. The van der Waals surface area contributed by atoms with Crippen LogP contribution in [0.25, 0.3) is 0 Å². The van der Waals surface area contributed by atoms with Crippen molar-refractivity contribution in [2.45, 2.75) is 12.8 Å². The molecule has 1 fully saturated rings. The molecule has 0 aromatic heterocycles. The van der Waals surface area contributed by atoms with Crippen molar-refractivity contribution in [2.75, 3.05) is 5.33 Å². The molecule has 0 aromatic carbocycles. The van der Waals surface area contributed by atoms with Crippen molar-refractivity contribution in [3.63, 3.8) is 0 Å². The highest BCUT2D eigenvalue weighted by Gasteiger charge is 2.35. The van der Waals surface area contributed by atoms with Crippen LogP contribution in [0.4, 0.5) is 0 Å². The number of halogens is 1. The van der Waals surface area contributed by atoms with E-state index in [9.17, 15) is 0 Å². The van der Waals surface area contributed by atoms with Gasteiger partial charge in [-0.05, 0) is 25.2 Å². The Kier molecular flexibility index (Phi) is 0.945. The molecule has 0 nitrogen and oxygen atoms in total. The lowest BCUT2D eigenvalue weighted by Crippen LogP contribution is -1.90. The van der Waals surface area contributed by atoms with Crippen molar-refractivity contribution in [2.24, 2.45) is 5.41 Å². The second kappa shape index (κ2) is 1.22. The summed E-state index contributed by atoms with van der Waals surface area (Å²) in [6.45, 7) is 3.95. The van der Waals surface area contributed by atoms with Crippen LogP contribution in [-0.4, -0.2) is 5.33 Å². The van der Waals surface area contributed by atoms with Gasteiger partial charge in [-0.1, -0.05) is 15.9 Å². The van der Waals surface area contributed by atoms with E-state index in [0.717, 1.165) is 5.33 Å². The predicted octanol–water partition coefficient (Wildman–Crippen LogP) is 2.00. The van der Waals surface area contributed by atoms with Gasteiger partial charge in [0.2, 0.25) is 0 Å². The van der Waals surface area contributed by atoms with Crippen molar-refractivity contribution < 1.29 is 0 Å². The average Bonchev–Trinajstić information content (AvgIpc) is 2.22. The van der Waals surface area contributed by atoms with Gasteiger partial charge in [0.25, 0.3) is 0 Å². The molecule has 0 aliphatic heterocycles. The van der Waals surface area contributed by atoms with E-state index in [1.54, 1.807) is 0 Å². The van der Waals surface area contributed by atoms with Crippen LogP contribution in [0.2, 0.25) is 0 Å². The smallest absolute Gasteiger partial charge is 0.00879 e. The Morgan fingerprint density at radius 2 is 2.17 bits per heavy atom. The lowest BCUT2D eigenvalue weighted by molar-refractivity contribution is 0.765. The van der Waals surface area contributed by atoms with Gasteiger partial charge >= 0.3 is 0 Å². The molecule has 1 heteroatoms. The van der Waals surface area contributed by atoms with Crippen molar-refractivity contribution in [3.05, 3.63) is 6.92 Å². The van der Waals surface area contributed by atoms with Gasteiger partial charge in [0.15, 0.2) is 0 Å². The van der Waals surface area contributed by atoms with Crippen LogP contribution in [0, 0.1) is 12.3 Å². The predicted molar refractivity (Wildman–Crippen MR) is 30.8 cm³/mol. The monoisotopic (exact) mass is 147 g/mol. The van der Waals surface area contributed by atoms with E-state index in [1.807, 2.05) is 0 Å². The minimum atomic E-state index is 0.458. The van der Waals surface area contributed by atoms with Crippen LogP contribution < -0.4 is 0 Å². The Balaban J connectivity index is 2.28. The zero-order chi connectivity index (χ0) is 4.62. The van der Waals surface area contributed by atoms with Gasteiger partial charge in [-0.25, -0.2) is 0 Å². The molecule has 0 unspecified atom stereocenters. The number of hydrogen-bond acceptors (Lipinski definition) is 0. The zero-order valence-corrected chi connectivity index (χ0v) is 5.29. The van der Waals surface area contributed by atoms with E-state index in [2.05, 4.69) is 22.9 Å². The maximum atomic E-state index is 3.95. The Bertz CT molecular complexity index is 55.0. The number of alkyl halides is 1.